The van der Waals surface area contributed by atoms with Crippen LogP contribution in [0.2, 0.25) is 10.0 Å². The Kier molecular flexibility index (Phi) is 5.47. The van der Waals surface area contributed by atoms with Gasteiger partial charge in [0, 0.05) is 30.1 Å². The molecule has 0 unspecified atom stereocenters. The molecule has 156 valence electrons. The maximum Gasteiger partial charge on any atom is 0.410 e. The Morgan fingerprint density at radius 3 is 2.43 bits per heavy atom. The minimum absolute atomic E-state index is 0.327. The summed E-state index contributed by atoms with van der Waals surface area (Å²) in [4.78, 5) is 18.5. The van der Waals surface area contributed by atoms with E-state index in [0.717, 1.165) is 28.1 Å². The third-order valence-electron chi connectivity index (χ3n) is 4.79. The van der Waals surface area contributed by atoms with E-state index < -0.39 is 5.60 Å². The Balaban J connectivity index is 1.79. The molecule has 0 saturated carbocycles. The average molecular weight is 445 g/mol. The van der Waals surface area contributed by atoms with E-state index in [0.29, 0.717) is 29.7 Å². The van der Waals surface area contributed by atoms with Crippen LogP contribution in [0.15, 0.2) is 42.7 Å². The molecule has 6 nitrogen and oxygen atoms in total. The molecule has 1 aliphatic rings. The fourth-order valence-electron chi connectivity index (χ4n) is 3.47. The van der Waals surface area contributed by atoms with Gasteiger partial charge < -0.3 is 9.64 Å². The van der Waals surface area contributed by atoms with Gasteiger partial charge in [-0.3, -0.25) is 9.67 Å². The normalized spacial score (nSPS) is 13.8. The second kappa shape index (κ2) is 7.93. The van der Waals surface area contributed by atoms with Gasteiger partial charge in [0.15, 0.2) is 0 Å². The molecule has 1 amide bonds. The van der Waals surface area contributed by atoms with Crippen LogP contribution in [0.1, 0.15) is 26.5 Å². The molecule has 3 heterocycles. The van der Waals surface area contributed by atoms with Crippen molar-refractivity contribution in [3.63, 3.8) is 0 Å². The summed E-state index contributed by atoms with van der Waals surface area (Å²) in [7, 11) is 0. The number of fused-ring (bicyclic) bond motifs is 1. The van der Waals surface area contributed by atoms with Gasteiger partial charge in [-0.1, -0.05) is 29.3 Å². The monoisotopic (exact) mass is 444 g/mol. The van der Waals surface area contributed by atoms with Crippen molar-refractivity contribution in [2.24, 2.45) is 0 Å². The molecular formula is C22H22Cl2N4O2. The van der Waals surface area contributed by atoms with Crippen LogP contribution in [0.25, 0.3) is 22.4 Å². The molecule has 0 aliphatic carbocycles. The quantitative estimate of drug-likeness (QED) is 0.510. The van der Waals surface area contributed by atoms with E-state index in [9.17, 15) is 4.79 Å². The lowest BCUT2D eigenvalue weighted by atomic mass is 9.99. The van der Waals surface area contributed by atoms with Gasteiger partial charge >= 0.3 is 6.09 Å². The zero-order valence-corrected chi connectivity index (χ0v) is 18.5. The van der Waals surface area contributed by atoms with E-state index in [1.807, 2.05) is 49.7 Å². The minimum atomic E-state index is -0.548. The summed E-state index contributed by atoms with van der Waals surface area (Å²) in [6.45, 7) is 7.10. The lowest BCUT2D eigenvalue weighted by Gasteiger charge is -2.30. The zero-order chi connectivity index (χ0) is 21.5. The van der Waals surface area contributed by atoms with Crippen LogP contribution in [0.3, 0.4) is 0 Å². The summed E-state index contributed by atoms with van der Waals surface area (Å²) < 4.78 is 7.53. The van der Waals surface area contributed by atoms with Crippen LogP contribution in [0, 0.1) is 0 Å². The Morgan fingerprint density at radius 1 is 1.03 bits per heavy atom. The van der Waals surface area contributed by atoms with Crippen molar-refractivity contribution in [3.8, 4) is 22.4 Å². The largest absolute Gasteiger partial charge is 0.444 e. The lowest BCUT2D eigenvalue weighted by molar-refractivity contribution is 0.0195. The number of ether oxygens (including phenoxy) is 1. The predicted molar refractivity (Wildman–Crippen MR) is 118 cm³/mol. The highest BCUT2D eigenvalue weighted by atomic mass is 35.5. The molecule has 0 radical (unpaired) electrons. The number of halogens is 2. The number of amides is 1. The maximum atomic E-state index is 12.7. The molecule has 2 aromatic heterocycles. The van der Waals surface area contributed by atoms with Crippen LogP contribution in [0.4, 0.5) is 4.79 Å². The van der Waals surface area contributed by atoms with Gasteiger partial charge in [0.1, 0.15) is 11.3 Å². The third kappa shape index (κ3) is 4.16. The van der Waals surface area contributed by atoms with E-state index in [2.05, 4.69) is 4.98 Å². The summed E-state index contributed by atoms with van der Waals surface area (Å²) in [5, 5.41) is 5.81. The summed E-state index contributed by atoms with van der Waals surface area (Å²) in [6.07, 6.45) is 3.16. The molecule has 1 aliphatic heterocycles. The zero-order valence-electron chi connectivity index (χ0n) is 17.0. The van der Waals surface area contributed by atoms with Crippen LogP contribution >= 0.6 is 23.2 Å². The Hall–Kier alpha value is -2.57. The summed E-state index contributed by atoms with van der Waals surface area (Å²) in [5.74, 6) is 0. The average Bonchev–Trinajstić information content (AvgIpc) is 3.08. The molecular weight excluding hydrogens is 423 g/mol. The number of carbonyl (C=O) groups excluding carboxylic acids is 1. The highest BCUT2D eigenvalue weighted by molar-refractivity contribution is 6.42. The number of nitrogens with zero attached hydrogens (tertiary/aromatic N) is 4. The van der Waals surface area contributed by atoms with E-state index in [1.54, 1.807) is 23.4 Å². The summed E-state index contributed by atoms with van der Waals surface area (Å²) in [6, 6.07) is 9.35. The first-order chi connectivity index (χ1) is 14.2. The SMILES string of the molecule is CC(C)(C)OC(=O)N1CCn2nc(-c3ccc(Cl)c(Cl)c3)c(-c3ccncc3)c2C1. The standard InChI is InChI=1S/C22H22Cl2N4O2/c1-22(2,3)30-21(29)27-10-11-28-18(13-27)19(14-6-8-25-9-7-14)20(26-28)15-4-5-16(23)17(24)12-15/h4-9,12H,10-11,13H2,1-3H3. The van der Waals surface area contributed by atoms with Gasteiger partial charge in [-0.05, 0) is 50.6 Å². The highest BCUT2D eigenvalue weighted by Gasteiger charge is 2.30. The number of aromatic nitrogens is 3. The molecule has 0 atom stereocenters. The Labute approximate surface area is 185 Å². The molecule has 0 N–H and O–H groups in total. The maximum absolute atomic E-state index is 12.7. The first-order valence-electron chi connectivity index (χ1n) is 9.66. The molecule has 0 fully saturated rings. The van der Waals surface area contributed by atoms with E-state index in [4.69, 9.17) is 33.0 Å². The molecule has 30 heavy (non-hydrogen) atoms. The summed E-state index contributed by atoms with van der Waals surface area (Å²) >= 11 is 12.4. The van der Waals surface area contributed by atoms with Gasteiger partial charge in [0.05, 0.1) is 28.8 Å². The smallest absolute Gasteiger partial charge is 0.410 e. The first kappa shape index (κ1) is 20.7. The fourth-order valence-corrected chi connectivity index (χ4v) is 3.77. The van der Waals surface area contributed by atoms with Crippen molar-refractivity contribution in [2.75, 3.05) is 6.54 Å². The second-order valence-electron chi connectivity index (χ2n) is 8.16. The number of rotatable bonds is 2. The van der Waals surface area contributed by atoms with Gasteiger partial charge in [0.25, 0.3) is 0 Å². The van der Waals surface area contributed by atoms with Gasteiger partial charge in [-0.25, -0.2) is 4.79 Å². The van der Waals surface area contributed by atoms with Crippen LogP contribution < -0.4 is 0 Å². The number of hydrogen-bond acceptors (Lipinski definition) is 4. The lowest BCUT2D eigenvalue weighted by Crippen LogP contribution is -2.41. The highest BCUT2D eigenvalue weighted by Crippen LogP contribution is 2.38. The van der Waals surface area contributed by atoms with E-state index >= 15 is 0 Å². The van der Waals surface area contributed by atoms with E-state index in [-0.39, 0.29) is 6.09 Å². The Morgan fingerprint density at radius 2 is 1.77 bits per heavy atom. The first-order valence-corrected chi connectivity index (χ1v) is 10.4. The fraction of sp³-hybridized carbons (Fsp3) is 0.318. The van der Waals surface area contributed by atoms with Gasteiger partial charge in [-0.15, -0.1) is 0 Å². The van der Waals surface area contributed by atoms with Gasteiger partial charge in [-0.2, -0.15) is 5.10 Å². The van der Waals surface area contributed by atoms with Crippen molar-refractivity contribution in [1.82, 2.24) is 19.7 Å². The number of hydrogen-bond donors (Lipinski definition) is 0. The number of carbonyl (C=O) groups is 1. The van der Waals surface area contributed by atoms with Crippen molar-refractivity contribution in [1.29, 1.82) is 0 Å². The molecule has 0 bridgehead atoms. The van der Waals surface area contributed by atoms with Crippen molar-refractivity contribution in [3.05, 3.63) is 58.5 Å². The third-order valence-corrected chi connectivity index (χ3v) is 5.53. The number of pyridine rings is 1. The van der Waals surface area contributed by atoms with Crippen LogP contribution in [0.5, 0.6) is 0 Å². The topological polar surface area (TPSA) is 60.2 Å². The Bertz CT molecular complexity index is 1090. The molecule has 0 saturated heterocycles. The van der Waals surface area contributed by atoms with Crippen molar-refractivity contribution >= 4 is 29.3 Å². The second-order valence-corrected chi connectivity index (χ2v) is 8.97. The van der Waals surface area contributed by atoms with Crippen LogP contribution in [-0.4, -0.2) is 37.9 Å². The molecule has 3 aromatic rings. The van der Waals surface area contributed by atoms with Crippen LogP contribution in [-0.2, 0) is 17.8 Å². The number of benzene rings is 1. The van der Waals surface area contributed by atoms with E-state index in [1.165, 1.54) is 0 Å². The summed E-state index contributed by atoms with van der Waals surface area (Å²) in [5.41, 5.74) is 3.97. The minimum Gasteiger partial charge on any atom is -0.444 e. The predicted octanol–water partition coefficient (Wildman–Crippen LogP) is 5.67. The molecule has 0 spiro atoms. The molecule has 8 heteroatoms. The van der Waals surface area contributed by atoms with Crippen molar-refractivity contribution < 1.29 is 9.53 Å². The molecule has 1 aromatic carbocycles. The van der Waals surface area contributed by atoms with Crippen molar-refractivity contribution in [2.45, 2.75) is 39.5 Å². The molecule has 4 rings (SSSR count). The van der Waals surface area contributed by atoms with Gasteiger partial charge in [0.2, 0.25) is 0 Å².